The van der Waals surface area contributed by atoms with Crippen LogP contribution in [-0.4, -0.2) is 76.2 Å². The molecule has 8 nitrogen and oxygen atoms in total. The first-order valence-electron chi connectivity index (χ1n) is 10.9. The van der Waals surface area contributed by atoms with E-state index in [4.69, 9.17) is 9.47 Å². The molecule has 0 bridgehead atoms. The van der Waals surface area contributed by atoms with Gasteiger partial charge in [0.2, 0.25) is 0 Å². The third-order valence-electron chi connectivity index (χ3n) is 6.07. The molecule has 2 N–H and O–H groups in total. The lowest BCUT2D eigenvalue weighted by Gasteiger charge is -2.33. The van der Waals surface area contributed by atoms with E-state index in [1.807, 2.05) is 23.2 Å². The number of nitrogens with one attached hydrogen (secondary N) is 2. The number of ether oxygens (including phenoxy) is 2. The molecule has 3 fully saturated rings. The second-order valence-corrected chi connectivity index (χ2v) is 8.11. The van der Waals surface area contributed by atoms with Crippen LogP contribution in [0, 0.1) is 5.92 Å². The van der Waals surface area contributed by atoms with Crippen molar-refractivity contribution in [3.8, 4) is 0 Å². The normalized spacial score (nSPS) is 21.7. The van der Waals surface area contributed by atoms with E-state index >= 15 is 0 Å². The van der Waals surface area contributed by atoms with Gasteiger partial charge in [-0.1, -0.05) is 0 Å². The number of hydrogen-bond donors (Lipinski definition) is 2. The average Bonchev–Trinajstić information content (AvgIpc) is 2.79. The highest BCUT2D eigenvalue weighted by atomic mass is 16.5. The fourth-order valence-corrected chi connectivity index (χ4v) is 4.24. The van der Waals surface area contributed by atoms with Gasteiger partial charge < -0.3 is 25.0 Å². The summed E-state index contributed by atoms with van der Waals surface area (Å²) in [5.41, 5.74) is 0.866. The minimum absolute atomic E-state index is 0.0173. The number of piperidine rings is 1. The summed E-state index contributed by atoms with van der Waals surface area (Å²) in [6.07, 6.45) is 5.79. The molecular formula is C21H33N5O3. The first-order chi connectivity index (χ1) is 14.3. The van der Waals surface area contributed by atoms with E-state index in [-0.39, 0.29) is 12.1 Å². The van der Waals surface area contributed by atoms with Gasteiger partial charge in [-0.25, -0.2) is 9.78 Å². The number of urea groups is 1. The standard InChI is InChI=1S/C21H33N5O3/c27-21(24-18-5-11-28-12-6-18)26(16-17-3-7-22-8-4-17)19-1-2-20(23-15-19)25-9-13-29-14-10-25/h1-2,15,17-18,22H,3-14,16H2,(H,24,27). The zero-order valence-electron chi connectivity index (χ0n) is 17.1. The Kier molecular flexibility index (Phi) is 7.18. The lowest BCUT2D eigenvalue weighted by molar-refractivity contribution is 0.0803. The van der Waals surface area contributed by atoms with Crippen molar-refractivity contribution in [2.75, 3.05) is 69.0 Å². The molecule has 3 aliphatic rings. The number of aromatic nitrogens is 1. The average molecular weight is 404 g/mol. The molecule has 0 unspecified atom stereocenters. The Morgan fingerprint density at radius 3 is 2.52 bits per heavy atom. The van der Waals surface area contributed by atoms with Crippen LogP contribution in [0.1, 0.15) is 25.7 Å². The number of morpholine rings is 1. The van der Waals surface area contributed by atoms with E-state index in [0.717, 1.165) is 96.3 Å². The van der Waals surface area contributed by atoms with Crippen molar-refractivity contribution in [2.24, 2.45) is 5.92 Å². The van der Waals surface area contributed by atoms with Gasteiger partial charge in [-0.05, 0) is 56.8 Å². The molecule has 1 aromatic rings. The van der Waals surface area contributed by atoms with Gasteiger partial charge in [0.15, 0.2) is 0 Å². The minimum atomic E-state index is -0.0173. The van der Waals surface area contributed by atoms with Crippen LogP contribution in [0.5, 0.6) is 0 Å². The molecule has 4 rings (SSSR count). The fourth-order valence-electron chi connectivity index (χ4n) is 4.24. The van der Waals surface area contributed by atoms with Gasteiger partial charge in [0.05, 0.1) is 25.1 Å². The maximum absolute atomic E-state index is 13.2. The zero-order chi connectivity index (χ0) is 19.9. The molecule has 1 aromatic heterocycles. The van der Waals surface area contributed by atoms with Crippen molar-refractivity contribution < 1.29 is 14.3 Å². The molecule has 2 amide bonds. The Bertz CT molecular complexity index is 638. The van der Waals surface area contributed by atoms with Crippen LogP contribution in [-0.2, 0) is 9.47 Å². The third kappa shape index (κ3) is 5.58. The van der Waals surface area contributed by atoms with Crippen LogP contribution in [0.25, 0.3) is 0 Å². The molecule has 4 heterocycles. The number of amides is 2. The molecule has 0 spiro atoms. The van der Waals surface area contributed by atoms with Gasteiger partial charge in [0.1, 0.15) is 5.82 Å². The van der Waals surface area contributed by atoms with E-state index in [2.05, 4.69) is 20.5 Å². The highest BCUT2D eigenvalue weighted by Crippen LogP contribution is 2.23. The molecule has 0 atom stereocenters. The van der Waals surface area contributed by atoms with Crippen molar-refractivity contribution in [3.63, 3.8) is 0 Å². The van der Waals surface area contributed by atoms with Gasteiger partial charge in [0.25, 0.3) is 0 Å². The van der Waals surface area contributed by atoms with Gasteiger partial charge in [-0.2, -0.15) is 0 Å². The maximum Gasteiger partial charge on any atom is 0.322 e. The summed E-state index contributed by atoms with van der Waals surface area (Å²) in [4.78, 5) is 22.0. The van der Waals surface area contributed by atoms with Gasteiger partial charge in [0, 0.05) is 38.9 Å². The highest BCUT2D eigenvalue weighted by molar-refractivity contribution is 5.92. The van der Waals surface area contributed by atoms with Crippen LogP contribution >= 0.6 is 0 Å². The topological polar surface area (TPSA) is 79.0 Å². The van der Waals surface area contributed by atoms with E-state index in [9.17, 15) is 4.79 Å². The van der Waals surface area contributed by atoms with Gasteiger partial charge >= 0.3 is 6.03 Å². The number of pyridine rings is 1. The molecule has 0 aliphatic carbocycles. The monoisotopic (exact) mass is 403 g/mol. The Morgan fingerprint density at radius 1 is 1.10 bits per heavy atom. The molecule has 0 saturated carbocycles. The van der Waals surface area contributed by atoms with E-state index in [1.165, 1.54) is 0 Å². The van der Waals surface area contributed by atoms with Gasteiger partial charge in [-0.15, -0.1) is 0 Å². The highest BCUT2D eigenvalue weighted by Gasteiger charge is 2.25. The molecule has 0 aromatic carbocycles. The Balaban J connectivity index is 1.46. The summed E-state index contributed by atoms with van der Waals surface area (Å²) in [6.45, 7) is 7.39. The van der Waals surface area contributed by atoms with E-state index < -0.39 is 0 Å². The Morgan fingerprint density at radius 2 is 1.83 bits per heavy atom. The first kappa shape index (κ1) is 20.4. The molecular weight excluding hydrogens is 370 g/mol. The predicted molar refractivity (Wildman–Crippen MR) is 113 cm³/mol. The smallest absolute Gasteiger partial charge is 0.322 e. The second kappa shape index (κ2) is 10.2. The summed E-state index contributed by atoms with van der Waals surface area (Å²) in [5.74, 6) is 1.46. The molecule has 29 heavy (non-hydrogen) atoms. The summed E-state index contributed by atoms with van der Waals surface area (Å²) >= 11 is 0. The SMILES string of the molecule is O=C(NC1CCOCC1)N(CC1CCNCC1)c1ccc(N2CCOCC2)nc1. The molecule has 3 saturated heterocycles. The van der Waals surface area contributed by atoms with Crippen LogP contribution in [0.2, 0.25) is 0 Å². The molecule has 3 aliphatic heterocycles. The quantitative estimate of drug-likeness (QED) is 0.778. The Labute approximate surface area is 172 Å². The van der Waals surface area contributed by atoms with Gasteiger partial charge in [-0.3, -0.25) is 4.90 Å². The van der Waals surface area contributed by atoms with Crippen LogP contribution < -0.4 is 20.4 Å². The Hall–Kier alpha value is -1.90. The second-order valence-electron chi connectivity index (χ2n) is 8.11. The first-order valence-corrected chi connectivity index (χ1v) is 10.9. The minimum Gasteiger partial charge on any atom is -0.381 e. The van der Waals surface area contributed by atoms with Crippen molar-refractivity contribution in [1.82, 2.24) is 15.6 Å². The number of carbonyl (C=O) groups excluding carboxylic acids is 1. The number of anilines is 2. The summed E-state index contributed by atoms with van der Waals surface area (Å²) < 4.78 is 10.9. The van der Waals surface area contributed by atoms with Crippen LogP contribution in [0.3, 0.4) is 0 Å². The number of rotatable bonds is 5. The van der Waals surface area contributed by atoms with E-state index in [0.29, 0.717) is 5.92 Å². The number of carbonyl (C=O) groups is 1. The van der Waals surface area contributed by atoms with Crippen molar-refractivity contribution in [2.45, 2.75) is 31.7 Å². The summed E-state index contributed by atoms with van der Waals surface area (Å²) in [6, 6.07) is 4.23. The number of nitrogens with zero attached hydrogens (tertiary/aromatic N) is 3. The van der Waals surface area contributed by atoms with E-state index in [1.54, 1.807) is 0 Å². The predicted octanol–water partition coefficient (Wildman–Crippen LogP) is 1.61. The number of hydrogen-bond acceptors (Lipinski definition) is 6. The van der Waals surface area contributed by atoms with Crippen molar-refractivity contribution in [3.05, 3.63) is 18.3 Å². The summed E-state index contributed by atoms with van der Waals surface area (Å²) in [7, 11) is 0. The molecule has 0 radical (unpaired) electrons. The lowest BCUT2D eigenvalue weighted by Crippen LogP contribution is -2.49. The summed E-state index contributed by atoms with van der Waals surface area (Å²) in [5, 5.41) is 6.63. The van der Waals surface area contributed by atoms with Crippen molar-refractivity contribution in [1.29, 1.82) is 0 Å². The fraction of sp³-hybridized carbons (Fsp3) is 0.714. The third-order valence-corrected chi connectivity index (χ3v) is 6.07. The zero-order valence-corrected chi connectivity index (χ0v) is 17.1. The largest absolute Gasteiger partial charge is 0.381 e. The van der Waals surface area contributed by atoms with Crippen LogP contribution in [0.15, 0.2) is 18.3 Å². The van der Waals surface area contributed by atoms with Crippen molar-refractivity contribution >= 4 is 17.5 Å². The molecule has 8 heteroatoms. The maximum atomic E-state index is 13.2. The molecule has 160 valence electrons. The van der Waals surface area contributed by atoms with Crippen LogP contribution in [0.4, 0.5) is 16.3 Å². The lowest BCUT2D eigenvalue weighted by atomic mass is 9.97.